The molecule has 0 aliphatic rings. The molecule has 0 saturated carbocycles. The lowest BCUT2D eigenvalue weighted by Gasteiger charge is -2.11. The molecule has 1 aromatic carbocycles. The molecular formula is C13H16N2O5. The van der Waals surface area contributed by atoms with Crippen molar-refractivity contribution in [3.05, 3.63) is 24.3 Å². The van der Waals surface area contributed by atoms with E-state index < -0.39 is 12.6 Å². The fraction of sp³-hybridized carbons (Fsp3) is 0.308. The SMILES string of the molecule is CC(=O)NCCC(=O)Nc1ccccc1OCC(=O)O. The largest absolute Gasteiger partial charge is 0.480 e. The highest BCUT2D eigenvalue weighted by molar-refractivity contribution is 5.92. The second kappa shape index (κ2) is 7.78. The van der Waals surface area contributed by atoms with Crippen molar-refractivity contribution in [2.24, 2.45) is 0 Å². The summed E-state index contributed by atoms with van der Waals surface area (Å²) in [6.45, 7) is 1.12. The second-order valence-electron chi connectivity index (χ2n) is 3.96. The van der Waals surface area contributed by atoms with Crippen LogP contribution in [0.3, 0.4) is 0 Å². The zero-order valence-corrected chi connectivity index (χ0v) is 11.0. The molecule has 0 fully saturated rings. The van der Waals surface area contributed by atoms with Gasteiger partial charge in [-0.3, -0.25) is 9.59 Å². The van der Waals surface area contributed by atoms with Gasteiger partial charge in [0.1, 0.15) is 5.75 Å². The normalized spacial score (nSPS) is 9.65. The summed E-state index contributed by atoms with van der Waals surface area (Å²) in [6.07, 6.45) is 0.118. The molecule has 20 heavy (non-hydrogen) atoms. The smallest absolute Gasteiger partial charge is 0.341 e. The number of amides is 2. The molecule has 2 amide bonds. The number of rotatable bonds is 7. The van der Waals surface area contributed by atoms with Crippen LogP contribution in [0.4, 0.5) is 5.69 Å². The molecule has 108 valence electrons. The molecule has 0 bridgehead atoms. The molecule has 0 radical (unpaired) electrons. The van der Waals surface area contributed by atoms with Crippen LogP contribution in [0.15, 0.2) is 24.3 Å². The van der Waals surface area contributed by atoms with Gasteiger partial charge in [-0.1, -0.05) is 12.1 Å². The van der Waals surface area contributed by atoms with Gasteiger partial charge >= 0.3 is 5.97 Å². The highest BCUT2D eigenvalue weighted by Crippen LogP contribution is 2.23. The number of carbonyl (C=O) groups is 3. The summed E-state index contributed by atoms with van der Waals surface area (Å²) in [5.74, 6) is -1.33. The van der Waals surface area contributed by atoms with E-state index in [0.717, 1.165) is 0 Å². The van der Waals surface area contributed by atoms with Gasteiger partial charge in [0.2, 0.25) is 11.8 Å². The molecule has 0 aliphatic carbocycles. The van der Waals surface area contributed by atoms with E-state index >= 15 is 0 Å². The summed E-state index contributed by atoms with van der Waals surface area (Å²) in [5.41, 5.74) is 0.390. The first-order valence-electron chi connectivity index (χ1n) is 5.97. The lowest BCUT2D eigenvalue weighted by Crippen LogP contribution is -2.25. The van der Waals surface area contributed by atoms with Crippen molar-refractivity contribution in [1.29, 1.82) is 0 Å². The molecule has 0 saturated heterocycles. The van der Waals surface area contributed by atoms with Gasteiger partial charge in [-0.15, -0.1) is 0 Å². The third kappa shape index (κ3) is 5.85. The molecule has 0 spiro atoms. The number of aliphatic carboxylic acids is 1. The summed E-state index contributed by atoms with van der Waals surface area (Å²) >= 11 is 0. The van der Waals surface area contributed by atoms with E-state index in [1.807, 2.05) is 0 Å². The van der Waals surface area contributed by atoms with Crippen molar-refractivity contribution in [2.45, 2.75) is 13.3 Å². The van der Waals surface area contributed by atoms with Gasteiger partial charge in [0, 0.05) is 19.9 Å². The minimum atomic E-state index is -1.10. The number of para-hydroxylation sites is 2. The highest BCUT2D eigenvalue weighted by atomic mass is 16.5. The zero-order chi connectivity index (χ0) is 15.0. The molecule has 7 heteroatoms. The van der Waals surface area contributed by atoms with Gasteiger partial charge in [0.05, 0.1) is 5.69 Å². The molecule has 0 aliphatic heterocycles. The monoisotopic (exact) mass is 280 g/mol. The van der Waals surface area contributed by atoms with E-state index in [2.05, 4.69) is 10.6 Å². The lowest BCUT2D eigenvalue weighted by molar-refractivity contribution is -0.139. The van der Waals surface area contributed by atoms with Crippen LogP contribution in [0.1, 0.15) is 13.3 Å². The summed E-state index contributed by atoms with van der Waals surface area (Å²) in [7, 11) is 0. The number of ether oxygens (including phenoxy) is 1. The van der Waals surface area contributed by atoms with E-state index in [4.69, 9.17) is 9.84 Å². The maximum atomic E-state index is 11.7. The molecule has 1 rings (SSSR count). The molecule has 0 unspecified atom stereocenters. The van der Waals surface area contributed by atoms with Crippen molar-refractivity contribution in [2.75, 3.05) is 18.5 Å². The van der Waals surface area contributed by atoms with Crippen molar-refractivity contribution in [3.8, 4) is 5.75 Å². The summed E-state index contributed by atoms with van der Waals surface area (Å²) in [5, 5.41) is 13.7. The first-order chi connectivity index (χ1) is 9.49. The van der Waals surface area contributed by atoms with Crippen molar-refractivity contribution >= 4 is 23.5 Å². The van der Waals surface area contributed by atoms with E-state index in [0.29, 0.717) is 5.69 Å². The van der Waals surface area contributed by atoms with E-state index in [-0.39, 0.29) is 30.5 Å². The van der Waals surface area contributed by atoms with Gasteiger partial charge in [-0.25, -0.2) is 4.79 Å². The number of carboxylic acid groups (broad SMARTS) is 1. The Morgan fingerprint density at radius 2 is 1.95 bits per heavy atom. The summed E-state index contributed by atoms with van der Waals surface area (Å²) in [4.78, 5) is 32.8. The first-order valence-corrected chi connectivity index (χ1v) is 5.97. The van der Waals surface area contributed by atoms with Crippen LogP contribution in [-0.4, -0.2) is 36.0 Å². The topological polar surface area (TPSA) is 105 Å². The van der Waals surface area contributed by atoms with Gasteiger partial charge in [-0.2, -0.15) is 0 Å². The average Bonchev–Trinajstić information content (AvgIpc) is 2.37. The molecule has 3 N–H and O–H groups in total. The molecule has 1 aromatic rings. The number of hydrogen-bond acceptors (Lipinski definition) is 4. The van der Waals surface area contributed by atoms with E-state index in [1.165, 1.54) is 6.92 Å². The lowest BCUT2D eigenvalue weighted by atomic mass is 10.2. The minimum absolute atomic E-state index is 0.118. The van der Waals surface area contributed by atoms with Crippen LogP contribution < -0.4 is 15.4 Å². The predicted molar refractivity (Wildman–Crippen MR) is 71.5 cm³/mol. The summed E-state index contributed by atoms with van der Waals surface area (Å²) in [6, 6.07) is 6.53. The third-order valence-electron chi connectivity index (χ3n) is 2.24. The van der Waals surface area contributed by atoms with Crippen molar-refractivity contribution in [1.82, 2.24) is 5.32 Å². The van der Waals surface area contributed by atoms with Gasteiger partial charge in [0.25, 0.3) is 0 Å². The van der Waals surface area contributed by atoms with Crippen LogP contribution in [0.5, 0.6) is 5.75 Å². The second-order valence-corrected chi connectivity index (χ2v) is 3.96. The Hall–Kier alpha value is -2.57. The van der Waals surface area contributed by atoms with Crippen LogP contribution in [0, 0.1) is 0 Å². The fourth-order valence-electron chi connectivity index (χ4n) is 1.40. The molecule has 0 heterocycles. The van der Waals surface area contributed by atoms with Crippen LogP contribution >= 0.6 is 0 Å². The maximum absolute atomic E-state index is 11.7. The molecular weight excluding hydrogens is 264 g/mol. The van der Waals surface area contributed by atoms with Crippen molar-refractivity contribution in [3.63, 3.8) is 0 Å². The zero-order valence-electron chi connectivity index (χ0n) is 11.0. The van der Waals surface area contributed by atoms with Crippen molar-refractivity contribution < 1.29 is 24.2 Å². The van der Waals surface area contributed by atoms with Crippen LogP contribution in [-0.2, 0) is 14.4 Å². The number of carbonyl (C=O) groups excluding carboxylic acids is 2. The quantitative estimate of drug-likeness (QED) is 0.679. The molecule has 7 nitrogen and oxygen atoms in total. The predicted octanol–water partition coefficient (Wildman–Crippen LogP) is 0.615. The van der Waals surface area contributed by atoms with Gasteiger partial charge in [0.15, 0.2) is 6.61 Å². The minimum Gasteiger partial charge on any atom is -0.480 e. The summed E-state index contributed by atoms with van der Waals surface area (Å²) < 4.78 is 5.06. The number of hydrogen-bond donors (Lipinski definition) is 3. The Kier molecular flexibility index (Phi) is 6.02. The Morgan fingerprint density at radius 1 is 1.25 bits per heavy atom. The van der Waals surface area contributed by atoms with E-state index in [9.17, 15) is 14.4 Å². The van der Waals surface area contributed by atoms with Crippen LogP contribution in [0.2, 0.25) is 0 Å². The van der Waals surface area contributed by atoms with Gasteiger partial charge in [-0.05, 0) is 12.1 Å². The number of nitrogens with one attached hydrogen (secondary N) is 2. The number of carboxylic acids is 1. The van der Waals surface area contributed by atoms with Gasteiger partial charge < -0.3 is 20.5 Å². The maximum Gasteiger partial charge on any atom is 0.341 e. The standard InChI is InChI=1S/C13H16N2O5/c1-9(16)14-7-6-12(17)15-10-4-2-3-5-11(10)20-8-13(18)19/h2-5H,6-8H2,1H3,(H,14,16)(H,15,17)(H,18,19). The molecule has 0 aromatic heterocycles. The van der Waals surface area contributed by atoms with E-state index in [1.54, 1.807) is 24.3 Å². The third-order valence-corrected chi connectivity index (χ3v) is 2.24. The Bertz CT molecular complexity index is 501. The fourth-order valence-corrected chi connectivity index (χ4v) is 1.40. The Morgan fingerprint density at radius 3 is 2.60 bits per heavy atom. The average molecular weight is 280 g/mol. The van der Waals surface area contributed by atoms with Crippen LogP contribution in [0.25, 0.3) is 0 Å². The highest BCUT2D eigenvalue weighted by Gasteiger charge is 2.08. The Balaban J connectivity index is 2.55. The number of anilines is 1. The molecule has 0 atom stereocenters. The number of benzene rings is 1. The first kappa shape index (κ1) is 15.5. The Labute approximate surface area is 115 Å².